The number of rotatable bonds is 10. The fourth-order valence-electron chi connectivity index (χ4n) is 3.58. The monoisotopic (exact) mass is 466 g/mol. The number of benzene rings is 2. The van der Waals surface area contributed by atoms with Gasteiger partial charge in [-0.1, -0.05) is 48.0 Å². The highest BCUT2D eigenvalue weighted by molar-refractivity contribution is 6.32. The summed E-state index contributed by atoms with van der Waals surface area (Å²) in [5, 5.41) is 14.3. The van der Waals surface area contributed by atoms with Crippen molar-refractivity contribution in [2.75, 3.05) is 32.1 Å². The minimum atomic E-state index is -0.954. The Morgan fingerprint density at radius 1 is 1.16 bits per heavy atom. The van der Waals surface area contributed by atoms with Gasteiger partial charge in [0.25, 0.3) is 0 Å². The number of halogens is 2. The van der Waals surface area contributed by atoms with Crippen LogP contribution in [0.5, 0.6) is 5.75 Å². The molecule has 0 aliphatic carbocycles. The van der Waals surface area contributed by atoms with Crippen molar-refractivity contribution in [2.24, 2.45) is 0 Å². The van der Waals surface area contributed by atoms with E-state index in [1.807, 2.05) is 30.3 Å². The first-order valence-electron chi connectivity index (χ1n) is 10.4. The second-order valence-corrected chi connectivity index (χ2v) is 8.28. The van der Waals surface area contributed by atoms with Crippen LogP contribution in [0.1, 0.15) is 30.1 Å². The molecule has 1 saturated heterocycles. The highest BCUT2D eigenvalue weighted by Crippen LogP contribution is 2.29. The van der Waals surface area contributed by atoms with Crippen LogP contribution in [0.25, 0.3) is 0 Å². The standard InChI is InChI=1S/C23H28Cl2N2O4/c24-10-13-30-21-9-8-18(14-19(21)25)22(28)20(15-27-11-4-5-12-27)26-23(29)31-16-17-6-2-1-3-7-17/h1-3,6-9,14,20,22,28H,4-5,10-13,15-16H2,(H,26,29)/t20-,22?/m1/s1. The highest BCUT2D eigenvalue weighted by atomic mass is 35.5. The molecule has 1 fully saturated rings. The Bertz CT molecular complexity index is 832. The number of alkyl halides is 1. The third-order valence-corrected chi connectivity index (χ3v) is 5.63. The van der Waals surface area contributed by atoms with Gasteiger partial charge < -0.3 is 24.8 Å². The van der Waals surface area contributed by atoms with Crippen LogP contribution in [-0.2, 0) is 11.3 Å². The predicted octanol–water partition coefficient (Wildman–Crippen LogP) is 4.38. The molecule has 0 saturated carbocycles. The number of aliphatic hydroxyl groups is 1. The molecule has 1 heterocycles. The maximum absolute atomic E-state index is 12.5. The average Bonchev–Trinajstić information content (AvgIpc) is 3.30. The second-order valence-electron chi connectivity index (χ2n) is 7.49. The smallest absolute Gasteiger partial charge is 0.407 e. The van der Waals surface area contributed by atoms with Gasteiger partial charge in [0.15, 0.2) is 0 Å². The molecule has 1 aliphatic heterocycles. The number of nitrogens with zero attached hydrogens (tertiary/aromatic N) is 1. The van der Waals surface area contributed by atoms with Crippen molar-refractivity contribution < 1.29 is 19.4 Å². The normalized spacial score (nSPS) is 16.0. The summed E-state index contributed by atoms with van der Waals surface area (Å²) in [7, 11) is 0. The Morgan fingerprint density at radius 3 is 2.58 bits per heavy atom. The van der Waals surface area contributed by atoms with Gasteiger partial charge in [0.05, 0.1) is 16.9 Å². The number of hydrogen-bond acceptors (Lipinski definition) is 5. The maximum atomic E-state index is 12.5. The molecule has 1 aliphatic rings. The van der Waals surface area contributed by atoms with Crippen molar-refractivity contribution in [3.05, 3.63) is 64.7 Å². The predicted molar refractivity (Wildman–Crippen MR) is 122 cm³/mol. The topological polar surface area (TPSA) is 71.0 Å². The molecule has 6 nitrogen and oxygen atoms in total. The Kier molecular flexibility index (Phi) is 9.28. The van der Waals surface area contributed by atoms with Crippen molar-refractivity contribution in [3.8, 4) is 5.75 Å². The third-order valence-electron chi connectivity index (χ3n) is 5.18. The molecule has 0 spiro atoms. The maximum Gasteiger partial charge on any atom is 0.407 e. The fraction of sp³-hybridized carbons (Fsp3) is 0.435. The van der Waals surface area contributed by atoms with Gasteiger partial charge >= 0.3 is 6.09 Å². The van der Waals surface area contributed by atoms with Crippen LogP contribution in [0.2, 0.25) is 5.02 Å². The van der Waals surface area contributed by atoms with E-state index in [2.05, 4.69) is 10.2 Å². The van der Waals surface area contributed by atoms with E-state index in [-0.39, 0.29) is 6.61 Å². The largest absolute Gasteiger partial charge is 0.491 e. The summed E-state index contributed by atoms with van der Waals surface area (Å²) >= 11 is 12.0. The number of nitrogens with one attached hydrogen (secondary N) is 1. The Hall–Kier alpha value is -1.99. The molecule has 2 atom stereocenters. The molecular formula is C23H28Cl2N2O4. The molecule has 3 rings (SSSR count). The lowest BCUT2D eigenvalue weighted by Crippen LogP contribution is -2.46. The quantitative estimate of drug-likeness (QED) is 0.508. The van der Waals surface area contributed by atoms with E-state index in [0.29, 0.717) is 35.4 Å². The number of amides is 1. The molecule has 0 aromatic heterocycles. The first-order valence-corrected chi connectivity index (χ1v) is 11.3. The summed E-state index contributed by atoms with van der Waals surface area (Å²) in [5.41, 5.74) is 1.49. The van der Waals surface area contributed by atoms with Crippen molar-refractivity contribution in [1.29, 1.82) is 0 Å². The van der Waals surface area contributed by atoms with Crippen LogP contribution in [0.15, 0.2) is 48.5 Å². The van der Waals surface area contributed by atoms with Crippen LogP contribution in [0, 0.1) is 0 Å². The average molecular weight is 467 g/mol. The highest BCUT2D eigenvalue weighted by Gasteiger charge is 2.27. The molecule has 0 bridgehead atoms. The van der Waals surface area contributed by atoms with Crippen LogP contribution in [-0.4, -0.2) is 54.3 Å². The van der Waals surface area contributed by atoms with E-state index in [9.17, 15) is 9.90 Å². The SMILES string of the molecule is O=C(N[C@H](CN1CCCC1)C(O)c1ccc(OCCCl)c(Cl)c1)OCc1ccccc1. The number of carbonyl (C=O) groups is 1. The summed E-state index contributed by atoms with van der Waals surface area (Å²) in [5.74, 6) is 0.859. The molecule has 2 aromatic rings. The third kappa shape index (κ3) is 7.28. The van der Waals surface area contributed by atoms with E-state index in [4.69, 9.17) is 32.7 Å². The Labute approximate surface area is 193 Å². The number of carbonyl (C=O) groups excluding carboxylic acids is 1. The van der Waals surface area contributed by atoms with Crippen LogP contribution >= 0.6 is 23.2 Å². The summed E-state index contributed by atoms with van der Waals surface area (Å²) in [4.78, 5) is 14.7. The van der Waals surface area contributed by atoms with E-state index in [1.165, 1.54) is 0 Å². The van der Waals surface area contributed by atoms with Gasteiger partial charge in [0.2, 0.25) is 0 Å². The summed E-state index contributed by atoms with van der Waals surface area (Å²) in [6.07, 6.45) is 0.698. The Morgan fingerprint density at radius 2 is 1.90 bits per heavy atom. The summed E-state index contributed by atoms with van der Waals surface area (Å²) in [6, 6.07) is 14.0. The summed E-state index contributed by atoms with van der Waals surface area (Å²) < 4.78 is 10.8. The van der Waals surface area contributed by atoms with Crippen molar-refractivity contribution in [3.63, 3.8) is 0 Å². The van der Waals surface area contributed by atoms with Gasteiger partial charge in [-0.25, -0.2) is 4.79 Å². The van der Waals surface area contributed by atoms with E-state index < -0.39 is 18.2 Å². The molecule has 1 amide bonds. The van der Waals surface area contributed by atoms with Gasteiger partial charge in [-0.3, -0.25) is 0 Å². The lowest BCUT2D eigenvalue weighted by atomic mass is 10.0. The van der Waals surface area contributed by atoms with Crippen LogP contribution < -0.4 is 10.1 Å². The van der Waals surface area contributed by atoms with E-state index in [0.717, 1.165) is 31.5 Å². The van der Waals surface area contributed by atoms with E-state index in [1.54, 1.807) is 18.2 Å². The molecule has 0 radical (unpaired) electrons. The van der Waals surface area contributed by atoms with Gasteiger partial charge in [0.1, 0.15) is 25.1 Å². The molecule has 168 valence electrons. The zero-order chi connectivity index (χ0) is 22.1. The molecular weight excluding hydrogens is 439 g/mol. The lowest BCUT2D eigenvalue weighted by Gasteiger charge is -2.28. The van der Waals surface area contributed by atoms with Crippen LogP contribution in [0.4, 0.5) is 4.79 Å². The first kappa shape index (κ1) is 23.7. The minimum Gasteiger partial charge on any atom is -0.491 e. The minimum absolute atomic E-state index is 0.164. The van der Waals surface area contributed by atoms with Gasteiger partial charge in [-0.15, -0.1) is 11.6 Å². The molecule has 2 aromatic carbocycles. The molecule has 8 heteroatoms. The number of aliphatic hydroxyl groups excluding tert-OH is 1. The fourth-order valence-corrected chi connectivity index (χ4v) is 3.90. The number of likely N-dealkylation sites (tertiary alicyclic amines) is 1. The summed E-state index contributed by atoms with van der Waals surface area (Å²) in [6.45, 7) is 2.91. The number of alkyl carbamates (subject to hydrolysis) is 1. The molecule has 2 N–H and O–H groups in total. The van der Waals surface area contributed by atoms with Gasteiger partial charge in [0, 0.05) is 6.54 Å². The van der Waals surface area contributed by atoms with Crippen molar-refractivity contribution in [1.82, 2.24) is 10.2 Å². The molecule has 31 heavy (non-hydrogen) atoms. The lowest BCUT2D eigenvalue weighted by molar-refractivity contribution is 0.0882. The zero-order valence-electron chi connectivity index (χ0n) is 17.3. The number of hydrogen-bond donors (Lipinski definition) is 2. The van der Waals surface area contributed by atoms with Crippen LogP contribution in [0.3, 0.4) is 0 Å². The second kappa shape index (κ2) is 12.2. The van der Waals surface area contributed by atoms with Gasteiger partial charge in [-0.2, -0.15) is 0 Å². The van der Waals surface area contributed by atoms with Crippen molar-refractivity contribution in [2.45, 2.75) is 31.6 Å². The van der Waals surface area contributed by atoms with Gasteiger partial charge in [-0.05, 0) is 49.2 Å². The Balaban J connectivity index is 1.66. The zero-order valence-corrected chi connectivity index (χ0v) is 18.8. The number of ether oxygens (including phenoxy) is 2. The van der Waals surface area contributed by atoms with E-state index >= 15 is 0 Å². The first-order chi connectivity index (χ1) is 15.1. The molecule has 1 unspecified atom stereocenters. The van der Waals surface area contributed by atoms with Crippen molar-refractivity contribution >= 4 is 29.3 Å².